The van der Waals surface area contributed by atoms with Crippen LogP contribution in [0.25, 0.3) is 22.0 Å². The van der Waals surface area contributed by atoms with E-state index in [2.05, 4.69) is 4.98 Å². The fourth-order valence-electron chi connectivity index (χ4n) is 4.44. The lowest BCUT2D eigenvalue weighted by molar-refractivity contribution is 0.0766. The zero-order chi connectivity index (χ0) is 23.8. The maximum Gasteiger partial charge on any atom is 0.258 e. The summed E-state index contributed by atoms with van der Waals surface area (Å²) < 4.78 is 16.3. The third kappa shape index (κ3) is 3.44. The standard InChI is InChI=1S/C26H24N4O4/c1-32-16-9-10-21(33-2)15(12-16)13-30-14-20-22(26(30)31)23(27)19-7-4-6-17(24(19)29-20)18-8-5-11-28-25(18)34-3/h4-12H,13-14H2,1-3H3,(H2,27,29). The molecule has 0 spiro atoms. The molecule has 0 saturated carbocycles. The number of para-hydroxylation sites is 1. The maximum absolute atomic E-state index is 13.4. The predicted octanol–water partition coefficient (Wildman–Crippen LogP) is 4.06. The number of amides is 1. The Hall–Kier alpha value is -4.33. The second-order valence-electron chi connectivity index (χ2n) is 7.95. The van der Waals surface area contributed by atoms with Crippen LogP contribution in [0.5, 0.6) is 17.4 Å². The highest BCUT2D eigenvalue weighted by molar-refractivity contribution is 6.11. The molecule has 0 radical (unpaired) electrons. The molecule has 0 unspecified atom stereocenters. The van der Waals surface area contributed by atoms with E-state index < -0.39 is 0 Å². The number of carbonyl (C=O) groups excluding carboxylic acids is 1. The molecular weight excluding hydrogens is 432 g/mol. The van der Waals surface area contributed by atoms with Gasteiger partial charge in [-0.2, -0.15) is 0 Å². The third-order valence-electron chi connectivity index (χ3n) is 6.08. The van der Waals surface area contributed by atoms with Gasteiger partial charge < -0.3 is 24.8 Å². The second kappa shape index (κ2) is 8.55. The first-order chi connectivity index (χ1) is 16.5. The molecule has 2 aromatic carbocycles. The summed E-state index contributed by atoms with van der Waals surface area (Å²) in [4.78, 5) is 24.3. The minimum atomic E-state index is -0.156. The SMILES string of the molecule is COc1ccc(OC)c(CN2Cc3nc4c(-c5cccnc5OC)cccc4c(N)c3C2=O)c1. The van der Waals surface area contributed by atoms with Crippen LogP contribution in [0.4, 0.5) is 5.69 Å². The topological polar surface area (TPSA) is 99.8 Å². The molecule has 0 bridgehead atoms. The predicted molar refractivity (Wildman–Crippen MR) is 129 cm³/mol. The van der Waals surface area contributed by atoms with Gasteiger partial charge in [0.05, 0.1) is 56.9 Å². The van der Waals surface area contributed by atoms with Gasteiger partial charge in [-0.1, -0.05) is 18.2 Å². The number of anilines is 1. The number of pyridine rings is 2. The molecule has 0 saturated heterocycles. The molecule has 1 aliphatic rings. The zero-order valence-electron chi connectivity index (χ0n) is 19.2. The summed E-state index contributed by atoms with van der Waals surface area (Å²) in [6, 6.07) is 15.0. The number of methoxy groups -OCH3 is 3. The summed E-state index contributed by atoms with van der Waals surface area (Å²) in [5.41, 5.74) is 11.3. The van der Waals surface area contributed by atoms with Gasteiger partial charge in [-0.05, 0) is 30.3 Å². The van der Waals surface area contributed by atoms with Gasteiger partial charge in [0.2, 0.25) is 5.88 Å². The minimum Gasteiger partial charge on any atom is -0.497 e. The van der Waals surface area contributed by atoms with Crippen molar-refractivity contribution in [2.45, 2.75) is 13.1 Å². The Balaban J connectivity index is 1.58. The summed E-state index contributed by atoms with van der Waals surface area (Å²) >= 11 is 0. The van der Waals surface area contributed by atoms with Gasteiger partial charge in [-0.25, -0.2) is 9.97 Å². The highest BCUT2D eigenvalue weighted by atomic mass is 16.5. The Morgan fingerprint density at radius 1 is 1.00 bits per heavy atom. The first-order valence-electron chi connectivity index (χ1n) is 10.8. The molecular formula is C26H24N4O4. The molecule has 2 N–H and O–H groups in total. The van der Waals surface area contributed by atoms with E-state index in [0.717, 1.165) is 22.1 Å². The third-order valence-corrected chi connectivity index (χ3v) is 6.08. The van der Waals surface area contributed by atoms with Gasteiger partial charge >= 0.3 is 0 Å². The Morgan fingerprint density at radius 3 is 2.59 bits per heavy atom. The lowest BCUT2D eigenvalue weighted by Gasteiger charge is -2.18. The molecule has 1 aliphatic heterocycles. The lowest BCUT2D eigenvalue weighted by atomic mass is 10.00. The first kappa shape index (κ1) is 21.5. The van der Waals surface area contributed by atoms with Crippen molar-refractivity contribution in [1.82, 2.24) is 14.9 Å². The Labute approximate surface area is 196 Å². The number of hydrogen-bond donors (Lipinski definition) is 1. The number of carbonyl (C=O) groups is 1. The number of fused-ring (bicyclic) bond motifs is 2. The molecule has 8 heteroatoms. The van der Waals surface area contributed by atoms with Crippen molar-refractivity contribution >= 4 is 22.5 Å². The number of hydrogen-bond acceptors (Lipinski definition) is 7. The highest BCUT2D eigenvalue weighted by Gasteiger charge is 2.33. The lowest BCUT2D eigenvalue weighted by Crippen LogP contribution is -2.24. The quantitative estimate of drug-likeness (QED) is 0.467. The molecule has 4 aromatic rings. The number of nitrogens with zero attached hydrogens (tertiary/aromatic N) is 3. The average Bonchev–Trinajstić information content (AvgIpc) is 3.18. The van der Waals surface area contributed by atoms with Gasteiger partial charge in [0.1, 0.15) is 11.5 Å². The number of nitrogens with two attached hydrogens (primary N) is 1. The summed E-state index contributed by atoms with van der Waals surface area (Å²) in [6.45, 7) is 0.682. The van der Waals surface area contributed by atoms with E-state index in [1.54, 1.807) is 32.4 Å². The molecule has 8 nitrogen and oxygen atoms in total. The van der Waals surface area contributed by atoms with Crippen molar-refractivity contribution in [3.63, 3.8) is 0 Å². The molecule has 2 aromatic heterocycles. The van der Waals surface area contributed by atoms with Crippen LogP contribution in [0.2, 0.25) is 0 Å². The Bertz CT molecular complexity index is 1420. The number of rotatable bonds is 6. The first-order valence-corrected chi connectivity index (χ1v) is 10.8. The van der Waals surface area contributed by atoms with Crippen LogP contribution in [0.15, 0.2) is 54.7 Å². The number of benzene rings is 2. The van der Waals surface area contributed by atoms with E-state index in [9.17, 15) is 4.79 Å². The van der Waals surface area contributed by atoms with Crippen molar-refractivity contribution in [2.75, 3.05) is 27.1 Å². The van der Waals surface area contributed by atoms with Crippen molar-refractivity contribution in [3.05, 3.63) is 71.5 Å². The fraction of sp³-hybridized carbons (Fsp3) is 0.192. The van der Waals surface area contributed by atoms with E-state index in [0.29, 0.717) is 52.9 Å². The van der Waals surface area contributed by atoms with Crippen molar-refractivity contribution in [3.8, 4) is 28.5 Å². The molecule has 5 rings (SSSR count). The summed E-state index contributed by atoms with van der Waals surface area (Å²) in [5, 5.41) is 0.719. The molecule has 34 heavy (non-hydrogen) atoms. The van der Waals surface area contributed by atoms with Gasteiger partial charge in [-0.15, -0.1) is 0 Å². The van der Waals surface area contributed by atoms with Gasteiger partial charge in [-0.3, -0.25) is 4.79 Å². The van der Waals surface area contributed by atoms with Crippen LogP contribution < -0.4 is 19.9 Å². The molecule has 0 atom stereocenters. The number of ether oxygens (including phenoxy) is 3. The van der Waals surface area contributed by atoms with Crippen LogP contribution >= 0.6 is 0 Å². The smallest absolute Gasteiger partial charge is 0.258 e. The summed E-state index contributed by atoms with van der Waals surface area (Å²) in [5.74, 6) is 1.72. The molecule has 0 fully saturated rings. The van der Waals surface area contributed by atoms with Gasteiger partial charge in [0.25, 0.3) is 5.91 Å². The van der Waals surface area contributed by atoms with Crippen LogP contribution in [-0.2, 0) is 13.1 Å². The van der Waals surface area contributed by atoms with Crippen LogP contribution in [-0.4, -0.2) is 42.1 Å². The van der Waals surface area contributed by atoms with E-state index in [-0.39, 0.29) is 5.91 Å². The molecule has 3 heterocycles. The molecule has 172 valence electrons. The van der Waals surface area contributed by atoms with Crippen LogP contribution in [0.3, 0.4) is 0 Å². The highest BCUT2D eigenvalue weighted by Crippen LogP contribution is 2.39. The van der Waals surface area contributed by atoms with E-state index >= 15 is 0 Å². The molecule has 0 aliphatic carbocycles. The van der Waals surface area contributed by atoms with Gasteiger partial charge in [0, 0.05) is 28.3 Å². The number of nitrogen functional groups attached to an aromatic ring is 1. The Kier molecular flexibility index (Phi) is 5.41. The summed E-state index contributed by atoms with van der Waals surface area (Å²) in [7, 11) is 4.79. The maximum atomic E-state index is 13.4. The van der Waals surface area contributed by atoms with Crippen molar-refractivity contribution in [2.24, 2.45) is 0 Å². The van der Waals surface area contributed by atoms with E-state index in [1.165, 1.54) is 0 Å². The Morgan fingerprint density at radius 2 is 1.82 bits per heavy atom. The fourth-order valence-corrected chi connectivity index (χ4v) is 4.44. The molecule has 1 amide bonds. The number of aromatic nitrogens is 2. The summed E-state index contributed by atoms with van der Waals surface area (Å²) in [6.07, 6.45) is 1.68. The normalized spacial score (nSPS) is 12.7. The largest absolute Gasteiger partial charge is 0.497 e. The average molecular weight is 457 g/mol. The van der Waals surface area contributed by atoms with Crippen molar-refractivity contribution in [1.29, 1.82) is 0 Å². The van der Waals surface area contributed by atoms with Crippen LogP contribution in [0.1, 0.15) is 21.6 Å². The van der Waals surface area contributed by atoms with E-state index in [1.807, 2.05) is 48.5 Å². The second-order valence-corrected chi connectivity index (χ2v) is 7.95. The minimum absolute atomic E-state index is 0.156. The zero-order valence-corrected chi connectivity index (χ0v) is 19.2. The van der Waals surface area contributed by atoms with E-state index in [4.69, 9.17) is 24.9 Å². The monoisotopic (exact) mass is 456 g/mol. The van der Waals surface area contributed by atoms with Crippen LogP contribution in [0, 0.1) is 0 Å². The van der Waals surface area contributed by atoms with Crippen molar-refractivity contribution < 1.29 is 19.0 Å². The van der Waals surface area contributed by atoms with Gasteiger partial charge in [0.15, 0.2) is 0 Å².